The van der Waals surface area contributed by atoms with Crippen LogP contribution < -0.4 is 5.32 Å². The van der Waals surface area contributed by atoms with Gasteiger partial charge in [0.05, 0.1) is 5.69 Å². The van der Waals surface area contributed by atoms with Crippen molar-refractivity contribution in [3.05, 3.63) is 46.3 Å². The molecule has 2 heterocycles. The second-order valence-electron chi connectivity index (χ2n) is 5.11. The minimum absolute atomic E-state index is 0.203. The van der Waals surface area contributed by atoms with E-state index in [9.17, 15) is 18.0 Å². The summed E-state index contributed by atoms with van der Waals surface area (Å²) in [5.41, 5.74) is 1.47. The number of aryl methyl sites for hydroxylation is 2. The standard InChI is InChI=1S/C15H11F3N4O2S/c1-7-8(2)25-14(19-7)21-12(23)10-5-3-9(4-6-10)11-20-13(24-22-11)15(16,17)18/h3-6H,1-2H3,(H,19,21,23). The fourth-order valence-electron chi connectivity index (χ4n) is 1.92. The number of alkyl halides is 3. The van der Waals surface area contributed by atoms with E-state index >= 15 is 0 Å². The van der Waals surface area contributed by atoms with E-state index in [2.05, 4.69) is 25.0 Å². The molecule has 3 aromatic rings. The Kier molecular flexibility index (Phi) is 4.29. The van der Waals surface area contributed by atoms with Crippen molar-refractivity contribution in [2.45, 2.75) is 20.0 Å². The van der Waals surface area contributed by atoms with Crippen molar-refractivity contribution in [2.24, 2.45) is 0 Å². The molecule has 130 valence electrons. The van der Waals surface area contributed by atoms with Gasteiger partial charge in [-0.05, 0) is 26.0 Å². The van der Waals surface area contributed by atoms with Crippen LogP contribution >= 0.6 is 11.3 Å². The van der Waals surface area contributed by atoms with Gasteiger partial charge in [0.25, 0.3) is 5.91 Å². The van der Waals surface area contributed by atoms with Gasteiger partial charge in [-0.25, -0.2) is 4.98 Å². The van der Waals surface area contributed by atoms with Gasteiger partial charge in [0, 0.05) is 16.0 Å². The molecule has 0 saturated carbocycles. The maximum Gasteiger partial charge on any atom is 0.471 e. The van der Waals surface area contributed by atoms with Gasteiger partial charge in [-0.3, -0.25) is 10.1 Å². The Balaban J connectivity index is 1.75. The van der Waals surface area contributed by atoms with Gasteiger partial charge in [0.15, 0.2) is 5.13 Å². The fourth-order valence-corrected chi connectivity index (χ4v) is 2.73. The average Bonchev–Trinajstić information content (AvgIpc) is 3.15. The molecule has 0 bridgehead atoms. The molecular weight excluding hydrogens is 357 g/mol. The van der Waals surface area contributed by atoms with Crippen molar-refractivity contribution in [3.8, 4) is 11.4 Å². The molecule has 6 nitrogen and oxygen atoms in total. The lowest BCUT2D eigenvalue weighted by Crippen LogP contribution is -2.11. The van der Waals surface area contributed by atoms with Crippen LogP contribution in [0.15, 0.2) is 28.8 Å². The highest BCUT2D eigenvalue weighted by Gasteiger charge is 2.38. The second kappa shape index (κ2) is 6.28. The van der Waals surface area contributed by atoms with Gasteiger partial charge < -0.3 is 4.52 Å². The van der Waals surface area contributed by atoms with E-state index in [1.54, 1.807) is 0 Å². The predicted molar refractivity (Wildman–Crippen MR) is 84.3 cm³/mol. The summed E-state index contributed by atoms with van der Waals surface area (Å²) in [6, 6.07) is 5.81. The largest absolute Gasteiger partial charge is 0.471 e. The van der Waals surface area contributed by atoms with Gasteiger partial charge in [-0.15, -0.1) is 11.3 Å². The zero-order chi connectivity index (χ0) is 18.2. The Bertz CT molecular complexity index is 896. The first-order chi connectivity index (χ1) is 11.7. The predicted octanol–water partition coefficient (Wildman–Crippen LogP) is 4.08. The molecule has 0 radical (unpaired) electrons. The van der Waals surface area contributed by atoms with Crippen molar-refractivity contribution >= 4 is 22.4 Å². The minimum Gasteiger partial charge on any atom is -0.329 e. The lowest BCUT2D eigenvalue weighted by Gasteiger charge is -2.02. The number of thiazole rings is 1. The summed E-state index contributed by atoms with van der Waals surface area (Å²) in [6.45, 7) is 3.74. The number of anilines is 1. The van der Waals surface area contributed by atoms with Gasteiger partial charge >= 0.3 is 12.1 Å². The molecule has 0 fully saturated rings. The summed E-state index contributed by atoms with van der Waals surface area (Å²) < 4.78 is 41.6. The normalized spacial score (nSPS) is 11.6. The number of hydrogen-bond donors (Lipinski definition) is 1. The molecule has 0 aliphatic heterocycles. The van der Waals surface area contributed by atoms with Crippen molar-refractivity contribution in [1.82, 2.24) is 15.1 Å². The minimum atomic E-state index is -4.70. The molecule has 1 amide bonds. The van der Waals surface area contributed by atoms with E-state index in [0.29, 0.717) is 16.3 Å². The van der Waals surface area contributed by atoms with Gasteiger partial charge in [0.2, 0.25) is 5.82 Å². The van der Waals surface area contributed by atoms with E-state index in [4.69, 9.17) is 0 Å². The van der Waals surface area contributed by atoms with E-state index < -0.39 is 12.1 Å². The van der Waals surface area contributed by atoms with Gasteiger partial charge in [-0.2, -0.15) is 18.2 Å². The SMILES string of the molecule is Cc1nc(NC(=O)c2ccc(-c3noc(C(F)(F)F)n3)cc2)sc1C. The fraction of sp³-hybridized carbons (Fsp3) is 0.200. The molecule has 1 N–H and O–H groups in total. The van der Waals surface area contributed by atoms with Crippen molar-refractivity contribution in [2.75, 3.05) is 5.32 Å². The molecule has 2 aromatic heterocycles. The van der Waals surface area contributed by atoms with Crippen LogP contribution in [0.5, 0.6) is 0 Å². The van der Waals surface area contributed by atoms with E-state index in [0.717, 1.165) is 10.6 Å². The van der Waals surface area contributed by atoms with Crippen LogP contribution in [0, 0.1) is 13.8 Å². The van der Waals surface area contributed by atoms with Crippen molar-refractivity contribution in [1.29, 1.82) is 0 Å². The lowest BCUT2D eigenvalue weighted by atomic mass is 10.1. The number of amides is 1. The number of carbonyl (C=O) groups excluding carboxylic acids is 1. The third-order valence-electron chi connectivity index (χ3n) is 3.32. The second-order valence-corrected chi connectivity index (χ2v) is 6.32. The molecule has 10 heteroatoms. The third-order valence-corrected chi connectivity index (χ3v) is 4.31. The highest BCUT2D eigenvalue weighted by Crippen LogP contribution is 2.29. The van der Waals surface area contributed by atoms with E-state index in [-0.39, 0.29) is 11.7 Å². The number of nitrogens with zero attached hydrogens (tertiary/aromatic N) is 3. The molecule has 3 rings (SSSR count). The molecular formula is C15H11F3N4O2S. The molecule has 0 aliphatic carbocycles. The van der Waals surface area contributed by atoms with Crippen LogP contribution in [0.4, 0.5) is 18.3 Å². The molecule has 25 heavy (non-hydrogen) atoms. The first-order valence-corrected chi connectivity index (χ1v) is 7.82. The number of rotatable bonds is 3. The Morgan fingerprint density at radius 3 is 2.36 bits per heavy atom. The Labute approximate surface area is 143 Å². The van der Waals surface area contributed by atoms with Crippen LogP contribution in [0.3, 0.4) is 0 Å². The van der Waals surface area contributed by atoms with E-state index in [1.165, 1.54) is 35.6 Å². The highest BCUT2D eigenvalue weighted by molar-refractivity contribution is 7.15. The number of carbonyl (C=O) groups is 1. The Hall–Kier alpha value is -2.75. The Morgan fingerprint density at radius 2 is 1.84 bits per heavy atom. The summed E-state index contributed by atoms with van der Waals surface area (Å²) in [4.78, 5) is 20.7. The van der Waals surface area contributed by atoms with E-state index in [1.807, 2.05) is 13.8 Å². The smallest absolute Gasteiger partial charge is 0.329 e. The highest BCUT2D eigenvalue weighted by atomic mass is 32.1. The molecule has 0 spiro atoms. The molecule has 0 aliphatic rings. The van der Waals surface area contributed by atoms with Gasteiger partial charge in [-0.1, -0.05) is 17.3 Å². The molecule has 0 saturated heterocycles. The zero-order valence-corrected chi connectivity index (χ0v) is 13.8. The summed E-state index contributed by atoms with van der Waals surface area (Å²) in [5.74, 6) is -1.99. The topological polar surface area (TPSA) is 80.9 Å². The van der Waals surface area contributed by atoms with Crippen LogP contribution in [-0.2, 0) is 6.18 Å². The van der Waals surface area contributed by atoms with Gasteiger partial charge in [0.1, 0.15) is 0 Å². The third kappa shape index (κ3) is 3.68. The number of halogens is 3. The van der Waals surface area contributed by atoms with Crippen LogP contribution in [0.1, 0.15) is 26.8 Å². The number of aromatic nitrogens is 3. The summed E-state index contributed by atoms with van der Waals surface area (Å²) in [5, 5.41) is 6.45. The first-order valence-electron chi connectivity index (χ1n) is 7.01. The number of hydrogen-bond acceptors (Lipinski definition) is 6. The number of nitrogens with one attached hydrogen (secondary N) is 1. The molecule has 0 atom stereocenters. The number of benzene rings is 1. The monoisotopic (exact) mass is 368 g/mol. The van der Waals surface area contributed by atoms with Crippen LogP contribution in [-0.4, -0.2) is 21.0 Å². The maximum atomic E-state index is 12.5. The van der Waals surface area contributed by atoms with Crippen molar-refractivity contribution < 1.29 is 22.5 Å². The van der Waals surface area contributed by atoms with Crippen LogP contribution in [0.2, 0.25) is 0 Å². The average molecular weight is 368 g/mol. The lowest BCUT2D eigenvalue weighted by molar-refractivity contribution is -0.159. The summed E-state index contributed by atoms with van der Waals surface area (Å²) in [6.07, 6.45) is -4.70. The first kappa shape index (κ1) is 17.1. The maximum absolute atomic E-state index is 12.5. The molecule has 1 aromatic carbocycles. The van der Waals surface area contributed by atoms with Crippen LogP contribution in [0.25, 0.3) is 11.4 Å². The molecule has 0 unspecified atom stereocenters. The summed E-state index contributed by atoms with van der Waals surface area (Å²) in [7, 11) is 0. The zero-order valence-electron chi connectivity index (χ0n) is 13.0. The Morgan fingerprint density at radius 1 is 1.16 bits per heavy atom. The van der Waals surface area contributed by atoms with Crippen molar-refractivity contribution in [3.63, 3.8) is 0 Å². The summed E-state index contributed by atoms with van der Waals surface area (Å²) >= 11 is 1.36. The quantitative estimate of drug-likeness (QED) is 0.753.